The minimum Gasteiger partial charge on any atom is -0.367 e. The maximum atomic E-state index is 11.4. The fraction of sp³-hybridized carbons (Fsp3) is 0.400. The maximum Gasteiger partial charge on any atom is 0.172 e. The molecule has 3 aromatic rings. The highest BCUT2D eigenvalue weighted by atomic mass is 32.2. The summed E-state index contributed by atoms with van der Waals surface area (Å²) < 4.78 is 22.8. The summed E-state index contributed by atoms with van der Waals surface area (Å²) in [6.45, 7) is 2.41. The molecule has 0 unspecified atom stereocenters. The van der Waals surface area contributed by atoms with Crippen LogP contribution < -0.4 is 5.32 Å². The SMILES string of the molecule is CS(=O)(=O)CCN1CCC(Nc2nc(-c3cccs3)nc3ccccc23)CC1. The Morgan fingerprint density at radius 1 is 1.14 bits per heavy atom. The van der Waals surface area contributed by atoms with Crippen LogP contribution >= 0.6 is 11.3 Å². The van der Waals surface area contributed by atoms with Gasteiger partial charge >= 0.3 is 0 Å². The van der Waals surface area contributed by atoms with Crippen molar-refractivity contribution in [3.05, 3.63) is 41.8 Å². The zero-order valence-electron chi connectivity index (χ0n) is 15.8. The lowest BCUT2D eigenvalue weighted by molar-refractivity contribution is 0.230. The second-order valence-corrected chi connectivity index (χ2v) is 10.5. The molecule has 0 spiro atoms. The highest BCUT2D eigenvalue weighted by molar-refractivity contribution is 7.90. The van der Waals surface area contributed by atoms with Gasteiger partial charge in [-0.15, -0.1) is 11.3 Å². The quantitative estimate of drug-likeness (QED) is 0.665. The van der Waals surface area contributed by atoms with Crippen LogP contribution in [0.2, 0.25) is 0 Å². The Bertz CT molecular complexity index is 1040. The summed E-state index contributed by atoms with van der Waals surface area (Å²) in [5.74, 6) is 1.86. The Kier molecular flexibility index (Phi) is 5.61. The van der Waals surface area contributed by atoms with Gasteiger partial charge < -0.3 is 10.2 Å². The van der Waals surface area contributed by atoms with E-state index in [2.05, 4.69) is 16.3 Å². The van der Waals surface area contributed by atoms with Crippen molar-refractivity contribution >= 4 is 37.9 Å². The predicted octanol–water partition coefficient (Wildman–Crippen LogP) is 3.28. The molecule has 0 aliphatic carbocycles. The number of anilines is 1. The molecule has 1 aromatic carbocycles. The Labute approximate surface area is 169 Å². The minimum absolute atomic E-state index is 0.228. The molecular formula is C20H24N4O2S2. The van der Waals surface area contributed by atoms with Crippen LogP contribution in [0.3, 0.4) is 0 Å². The molecule has 0 saturated carbocycles. The topological polar surface area (TPSA) is 75.2 Å². The van der Waals surface area contributed by atoms with Crippen LogP contribution in [0.4, 0.5) is 5.82 Å². The summed E-state index contributed by atoms with van der Waals surface area (Å²) >= 11 is 1.64. The van der Waals surface area contributed by atoms with Gasteiger partial charge in [0.2, 0.25) is 0 Å². The second-order valence-electron chi connectivity index (χ2n) is 7.28. The molecule has 1 aliphatic heterocycles. The monoisotopic (exact) mass is 416 g/mol. The van der Waals surface area contributed by atoms with Gasteiger partial charge in [0.05, 0.1) is 16.1 Å². The van der Waals surface area contributed by atoms with Gasteiger partial charge in [-0.2, -0.15) is 0 Å². The van der Waals surface area contributed by atoms with Crippen LogP contribution in [-0.4, -0.2) is 61.0 Å². The summed E-state index contributed by atoms with van der Waals surface area (Å²) in [4.78, 5) is 12.8. The number of sulfone groups is 1. The zero-order valence-corrected chi connectivity index (χ0v) is 17.5. The molecule has 1 N–H and O–H groups in total. The average molecular weight is 417 g/mol. The number of nitrogens with one attached hydrogen (secondary N) is 1. The lowest BCUT2D eigenvalue weighted by atomic mass is 10.0. The fourth-order valence-electron chi connectivity index (χ4n) is 3.49. The summed E-state index contributed by atoms with van der Waals surface area (Å²) in [7, 11) is -2.91. The number of nitrogens with zero attached hydrogens (tertiary/aromatic N) is 3. The van der Waals surface area contributed by atoms with E-state index in [0.717, 1.165) is 53.4 Å². The zero-order chi connectivity index (χ0) is 19.6. The number of piperidine rings is 1. The van der Waals surface area contributed by atoms with E-state index in [-0.39, 0.29) is 5.75 Å². The molecule has 3 heterocycles. The number of likely N-dealkylation sites (tertiary alicyclic amines) is 1. The lowest BCUT2D eigenvalue weighted by Gasteiger charge is -2.32. The van der Waals surface area contributed by atoms with E-state index in [4.69, 9.17) is 9.97 Å². The van der Waals surface area contributed by atoms with Crippen LogP contribution in [0.25, 0.3) is 21.6 Å². The highest BCUT2D eigenvalue weighted by Crippen LogP contribution is 2.28. The van der Waals surface area contributed by atoms with E-state index in [0.29, 0.717) is 12.6 Å². The maximum absolute atomic E-state index is 11.4. The Morgan fingerprint density at radius 3 is 2.64 bits per heavy atom. The molecule has 0 bridgehead atoms. The van der Waals surface area contributed by atoms with Crippen molar-refractivity contribution in [3.63, 3.8) is 0 Å². The molecule has 1 saturated heterocycles. The molecule has 0 atom stereocenters. The number of benzene rings is 1. The van der Waals surface area contributed by atoms with Gasteiger partial charge in [0, 0.05) is 37.3 Å². The van der Waals surface area contributed by atoms with Gasteiger partial charge in [0.25, 0.3) is 0 Å². The number of hydrogen-bond acceptors (Lipinski definition) is 7. The Morgan fingerprint density at radius 2 is 1.93 bits per heavy atom. The van der Waals surface area contributed by atoms with Crippen LogP contribution in [0.1, 0.15) is 12.8 Å². The number of rotatable bonds is 6. The summed E-state index contributed by atoms with van der Waals surface area (Å²) in [6.07, 6.45) is 3.24. The first-order chi connectivity index (χ1) is 13.5. The molecule has 1 aliphatic rings. The molecular weight excluding hydrogens is 392 g/mol. The second kappa shape index (κ2) is 8.14. The van der Waals surface area contributed by atoms with E-state index < -0.39 is 9.84 Å². The largest absolute Gasteiger partial charge is 0.367 e. The van der Waals surface area contributed by atoms with E-state index >= 15 is 0 Å². The molecule has 4 rings (SSSR count). The first kappa shape index (κ1) is 19.3. The van der Waals surface area contributed by atoms with Crippen molar-refractivity contribution < 1.29 is 8.42 Å². The van der Waals surface area contributed by atoms with Gasteiger partial charge in [-0.05, 0) is 36.4 Å². The summed E-state index contributed by atoms with van der Waals surface area (Å²) in [6, 6.07) is 12.5. The number of aromatic nitrogens is 2. The van der Waals surface area contributed by atoms with E-state index in [1.54, 1.807) is 11.3 Å². The molecule has 28 heavy (non-hydrogen) atoms. The summed E-state index contributed by atoms with van der Waals surface area (Å²) in [5, 5.41) is 6.69. The van der Waals surface area contributed by atoms with Crippen molar-refractivity contribution in [2.45, 2.75) is 18.9 Å². The third kappa shape index (κ3) is 4.68. The minimum atomic E-state index is -2.91. The van der Waals surface area contributed by atoms with E-state index in [1.165, 1.54) is 6.26 Å². The average Bonchev–Trinajstić information content (AvgIpc) is 3.22. The molecule has 2 aromatic heterocycles. The van der Waals surface area contributed by atoms with Crippen molar-refractivity contribution in [2.24, 2.45) is 0 Å². The number of fused-ring (bicyclic) bond motifs is 1. The van der Waals surface area contributed by atoms with Crippen molar-refractivity contribution in [1.29, 1.82) is 0 Å². The molecule has 8 heteroatoms. The van der Waals surface area contributed by atoms with Gasteiger partial charge in [-0.1, -0.05) is 18.2 Å². The normalized spacial score (nSPS) is 16.5. The first-order valence-corrected chi connectivity index (χ1v) is 12.4. The van der Waals surface area contributed by atoms with Crippen LogP contribution in [0.15, 0.2) is 41.8 Å². The molecule has 0 radical (unpaired) electrons. The number of thiophene rings is 1. The van der Waals surface area contributed by atoms with Gasteiger partial charge in [0.15, 0.2) is 5.82 Å². The molecule has 0 amide bonds. The van der Waals surface area contributed by atoms with Crippen molar-refractivity contribution in [3.8, 4) is 10.7 Å². The standard InChI is InChI=1S/C20H24N4O2S2/c1-28(25,26)14-12-24-10-8-15(9-11-24)21-19-16-5-2-3-6-17(16)22-20(23-19)18-7-4-13-27-18/h2-7,13,15H,8-12,14H2,1H3,(H,21,22,23). The van der Waals surface area contributed by atoms with E-state index in [1.807, 2.05) is 35.7 Å². The van der Waals surface area contributed by atoms with Crippen LogP contribution in [-0.2, 0) is 9.84 Å². The highest BCUT2D eigenvalue weighted by Gasteiger charge is 2.21. The first-order valence-electron chi connectivity index (χ1n) is 9.45. The Hall–Kier alpha value is -2.03. The van der Waals surface area contributed by atoms with Crippen molar-refractivity contribution in [2.75, 3.05) is 37.0 Å². The predicted molar refractivity (Wildman–Crippen MR) is 116 cm³/mol. The third-order valence-electron chi connectivity index (χ3n) is 5.05. The van der Waals surface area contributed by atoms with E-state index in [9.17, 15) is 8.42 Å². The van der Waals surface area contributed by atoms with Gasteiger partial charge in [-0.25, -0.2) is 18.4 Å². The number of hydrogen-bond donors (Lipinski definition) is 1. The summed E-state index contributed by atoms with van der Waals surface area (Å²) in [5.41, 5.74) is 0.939. The smallest absolute Gasteiger partial charge is 0.172 e. The van der Waals surface area contributed by atoms with Crippen LogP contribution in [0.5, 0.6) is 0 Å². The van der Waals surface area contributed by atoms with Crippen molar-refractivity contribution in [1.82, 2.24) is 14.9 Å². The molecule has 1 fully saturated rings. The third-order valence-corrected chi connectivity index (χ3v) is 6.84. The number of para-hydroxylation sites is 1. The molecule has 6 nitrogen and oxygen atoms in total. The fourth-order valence-corrected chi connectivity index (χ4v) is 4.74. The van der Waals surface area contributed by atoms with Gasteiger partial charge in [-0.3, -0.25) is 0 Å². The molecule has 148 valence electrons. The van der Waals surface area contributed by atoms with Gasteiger partial charge in [0.1, 0.15) is 15.7 Å². The lowest BCUT2D eigenvalue weighted by Crippen LogP contribution is -2.41. The Balaban J connectivity index is 1.49. The van der Waals surface area contributed by atoms with Crippen LogP contribution in [0, 0.1) is 0 Å².